The minimum absolute atomic E-state index is 0.0312. The fourth-order valence-corrected chi connectivity index (χ4v) is 5.16. The van der Waals surface area contributed by atoms with E-state index in [1.807, 2.05) is 0 Å². The van der Waals surface area contributed by atoms with E-state index in [2.05, 4.69) is 0 Å². The predicted molar refractivity (Wildman–Crippen MR) is 137 cm³/mol. The normalized spacial score (nSPS) is 19.6. The van der Waals surface area contributed by atoms with E-state index in [1.165, 1.54) is 28.0 Å². The highest BCUT2D eigenvalue weighted by atomic mass is 19.4. The van der Waals surface area contributed by atoms with E-state index in [-0.39, 0.29) is 44.1 Å². The number of fused-ring (bicyclic) bond motifs is 1. The molecule has 8 nitrogen and oxygen atoms in total. The second-order valence-corrected chi connectivity index (χ2v) is 10.6. The van der Waals surface area contributed by atoms with Crippen LogP contribution < -0.4 is 0 Å². The van der Waals surface area contributed by atoms with Crippen molar-refractivity contribution in [3.63, 3.8) is 0 Å². The number of carbonyl (C=O) groups is 3. The molecule has 4 rings (SSSR count). The van der Waals surface area contributed by atoms with Gasteiger partial charge < -0.3 is 19.4 Å². The number of piperazine rings is 1. The van der Waals surface area contributed by atoms with Crippen LogP contribution in [0.2, 0.25) is 0 Å². The number of carbonyl (C=O) groups excluding carboxylic acids is 3. The second kappa shape index (κ2) is 12.4. The third kappa shape index (κ3) is 7.37. The van der Waals surface area contributed by atoms with Crippen LogP contribution in [0.15, 0.2) is 42.5 Å². The van der Waals surface area contributed by atoms with Crippen molar-refractivity contribution in [1.29, 1.82) is 0 Å². The first-order chi connectivity index (χ1) is 20.1. The van der Waals surface area contributed by atoms with Gasteiger partial charge in [-0.2, -0.15) is 26.3 Å². The number of benzene rings is 2. The first-order valence-electron chi connectivity index (χ1n) is 13.3. The Labute approximate surface area is 242 Å². The Hall–Kier alpha value is -3.88. The topological polar surface area (TPSA) is 73.4 Å². The van der Waals surface area contributed by atoms with Crippen LogP contribution >= 0.6 is 0 Å². The van der Waals surface area contributed by atoms with Gasteiger partial charge in [0.1, 0.15) is 24.6 Å². The van der Waals surface area contributed by atoms with Gasteiger partial charge in [-0.05, 0) is 56.9 Å². The maximum atomic E-state index is 14.5. The van der Waals surface area contributed by atoms with Crippen LogP contribution in [0.1, 0.15) is 35.1 Å². The Morgan fingerprint density at radius 3 is 2.21 bits per heavy atom. The van der Waals surface area contributed by atoms with Crippen molar-refractivity contribution in [2.75, 3.05) is 33.7 Å². The van der Waals surface area contributed by atoms with E-state index < -0.39 is 71.6 Å². The van der Waals surface area contributed by atoms with E-state index in [4.69, 9.17) is 4.74 Å². The molecule has 0 bridgehead atoms. The van der Waals surface area contributed by atoms with E-state index in [9.17, 15) is 45.1 Å². The van der Waals surface area contributed by atoms with Crippen molar-refractivity contribution in [2.45, 2.75) is 50.6 Å². The molecule has 2 fully saturated rings. The van der Waals surface area contributed by atoms with Crippen LogP contribution in [-0.4, -0.2) is 83.4 Å². The van der Waals surface area contributed by atoms with Crippen molar-refractivity contribution in [1.82, 2.24) is 19.6 Å². The lowest BCUT2D eigenvalue weighted by Gasteiger charge is -2.52. The maximum absolute atomic E-state index is 14.5. The molecule has 2 atom stereocenters. The summed E-state index contributed by atoms with van der Waals surface area (Å²) in [7, 11) is 3.53. The molecular weight excluding hydrogens is 589 g/mol. The summed E-state index contributed by atoms with van der Waals surface area (Å²) in [5.41, 5.74) is -3.44. The minimum atomic E-state index is -5.08. The predicted octanol–water partition coefficient (Wildman–Crippen LogP) is 4.72. The molecule has 2 aliphatic rings. The van der Waals surface area contributed by atoms with E-state index in [1.54, 1.807) is 25.1 Å². The number of hydrogen-bond donors (Lipinski definition) is 0. The molecule has 43 heavy (non-hydrogen) atoms. The van der Waals surface area contributed by atoms with Gasteiger partial charge in [-0.3, -0.25) is 14.5 Å². The Balaban J connectivity index is 1.60. The lowest BCUT2D eigenvalue weighted by atomic mass is 10.0. The SMILES string of the molecule is CN(C)CC[C@H]1C(=O)N(Cc2ccccc2F)CC2N(C(=O)OCc3cc(C(F)(F)F)cc(C(F)(F)F)c3)CCC(=O)N21. The lowest BCUT2D eigenvalue weighted by Crippen LogP contribution is -2.71. The van der Waals surface area contributed by atoms with Crippen molar-refractivity contribution < 1.29 is 49.9 Å². The first kappa shape index (κ1) is 32.0. The van der Waals surface area contributed by atoms with Gasteiger partial charge in [-0.1, -0.05) is 18.2 Å². The standard InChI is InChI=1S/C28H29F7N4O4/c1-36(2)9-7-22-25(41)37(14-18-5-3-4-6-21(18)29)15-23-38(10-8-24(40)39(22)23)26(42)43-16-17-11-19(27(30,31)32)13-20(12-17)28(33,34)35/h3-6,11-13,22-23H,7-10,14-16H2,1-2H3/t22-,23?/m0/s1. The summed E-state index contributed by atoms with van der Waals surface area (Å²) in [4.78, 5) is 45.3. The van der Waals surface area contributed by atoms with Crippen LogP contribution in [0.5, 0.6) is 0 Å². The summed E-state index contributed by atoms with van der Waals surface area (Å²) in [6.07, 6.45) is -12.3. The molecule has 0 aromatic heterocycles. The summed E-state index contributed by atoms with van der Waals surface area (Å²) >= 11 is 0. The Kier molecular flexibility index (Phi) is 9.23. The van der Waals surface area contributed by atoms with E-state index in [0.29, 0.717) is 18.7 Å². The number of ether oxygens (including phenoxy) is 1. The van der Waals surface area contributed by atoms with Gasteiger partial charge in [0, 0.05) is 25.1 Å². The Morgan fingerprint density at radius 1 is 1.00 bits per heavy atom. The summed E-state index contributed by atoms with van der Waals surface area (Å²) in [6, 6.07) is 5.68. The summed E-state index contributed by atoms with van der Waals surface area (Å²) < 4.78 is 99.2. The van der Waals surface area contributed by atoms with Crippen LogP contribution in [-0.2, 0) is 39.8 Å². The monoisotopic (exact) mass is 618 g/mol. The van der Waals surface area contributed by atoms with Gasteiger partial charge in [0.2, 0.25) is 11.8 Å². The number of nitrogens with zero attached hydrogens (tertiary/aromatic N) is 4. The third-order valence-corrected chi connectivity index (χ3v) is 7.26. The molecule has 0 N–H and O–H groups in total. The smallest absolute Gasteiger partial charge is 0.416 e. The molecule has 15 heteroatoms. The number of amides is 3. The molecule has 2 aromatic carbocycles. The zero-order chi connectivity index (χ0) is 31.7. The van der Waals surface area contributed by atoms with Crippen LogP contribution in [0.4, 0.5) is 35.5 Å². The van der Waals surface area contributed by atoms with Gasteiger partial charge in [-0.25, -0.2) is 9.18 Å². The summed E-state index contributed by atoms with van der Waals surface area (Å²) in [5, 5.41) is 0. The molecule has 0 aliphatic carbocycles. The molecule has 0 saturated carbocycles. The Morgan fingerprint density at radius 2 is 1.63 bits per heavy atom. The first-order valence-corrected chi connectivity index (χ1v) is 13.3. The Bertz CT molecular complexity index is 1330. The lowest BCUT2D eigenvalue weighted by molar-refractivity contribution is -0.169. The van der Waals surface area contributed by atoms with Crippen LogP contribution in [0.25, 0.3) is 0 Å². The van der Waals surface area contributed by atoms with Gasteiger partial charge in [0.15, 0.2) is 0 Å². The number of hydrogen-bond acceptors (Lipinski definition) is 5. The molecule has 2 aliphatic heterocycles. The number of halogens is 7. The van der Waals surface area contributed by atoms with Gasteiger partial charge >= 0.3 is 18.4 Å². The molecule has 2 aromatic rings. The highest BCUT2D eigenvalue weighted by molar-refractivity contribution is 5.90. The van der Waals surface area contributed by atoms with Crippen molar-refractivity contribution in [3.8, 4) is 0 Å². The second-order valence-electron chi connectivity index (χ2n) is 10.6. The molecular formula is C28H29F7N4O4. The summed E-state index contributed by atoms with van der Waals surface area (Å²) in [6.45, 7) is -1.06. The third-order valence-electron chi connectivity index (χ3n) is 7.26. The van der Waals surface area contributed by atoms with Crippen molar-refractivity contribution >= 4 is 17.9 Å². The zero-order valence-electron chi connectivity index (χ0n) is 23.2. The van der Waals surface area contributed by atoms with E-state index in [0.717, 1.165) is 4.90 Å². The van der Waals surface area contributed by atoms with Crippen molar-refractivity contribution in [2.24, 2.45) is 0 Å². The van der Waals surface area contributed by atoms with Crippen LogP contribution in [0, 0.1) is 5.82 Å². The molecule has 2 saturated heterocycles. The highest BCUT2D eigenvalue weighted by Crippen LogP contribution is 2.37. The minimum Gasteiger partial charge on any atom is -0.444 e. The molecule has 234 valence electrons. The van der Waals surface area contributed by atoms with Crippen molar-refractivity contribution in [3.05, 3.63) is 70.5 Å². The molecule has 3 amide bonds. The molecule has 0 radical (unpaired) electrons. The molecule has 2 heterocycles. The van der Waals surface area contributed by atoms with Gasteiger partial charge in [-0.15, -0.1) is 0 Å². The fraction of sp³-hybridized carbons (Fsp3) is 0.464. The molecule has 1 unspecified atom stereocenters. The fourth-order valence-electron chi connectivity index (χ4n) is 5.16. The summed E-state index contributed by atoms with van der Waals surface area (Å²) in [5.74, 6) is -1.42. The van der Waals surface area contributed by atoms with E-state index >= 15 is 0 Å². The largest absolute Gasteiger partial charge is 0.444 e. The van der Waals surface area contributed by atoms with Gasteiger partial charge in [0.25, 0.3) is 0 Å². The average molecular weight is 619 g/mol. The van der Waals surface area contributed by atoms with Gasteiger partial charge in [0.05, 0.1) is 17.7 Å². The average Bonchev–Trinajstić information content (AvgIpc) is 2.92. The number of rotatable bonds is 7. The number of alkyl halides is 6. The molecule has 0 spiro atoms. The quantitative estimate of drug-likeness (QED) is 0.420. The zero-order valence-corrected chi connectivity index (χ0v) is 23.2. The maximum Gasteiger partial charge on any atom is 0.416 e. The highest BCUT2D eigenvalue weighted by Gasteiger charge is 2.49. The van der Waals surface area contributed by atoms with Crippen LogP contribution in [0.3, 0.4) is 0 Å².